The van der Waals surface area contributed by atoms with Crippen LogP contribution in [0.2, 0.25) is 0 Å². The summed E-state index contributed by atoms with van der Waals surface area (Å²) in [5.41, 5.74) is 0.819. The van der Waals surface area contributed by atoms with Crippen molar-refractivity contribution in [1.82, 2.24) is 14.5 Å². The zero-order chi connectivity index (χ0) is 20.3. The summed E-state index contributed by atoms with van der Waals surface area (Å²) < 4.78 is 25.4. The molecule has 1 saturated carbocycles. The van der Waals surface area contributed by atoms with E-state index in [9.17, 15) is 18.0 Å². The Labute approximate surface area is 167 Å². The summed E-state index contributed by atoms with van der Waals surface area (Å²) in [7, 11) is -0.480. The van der Waals surface area contributed by atoms with Crippen molar-refractivity contribution in [2.24, 2.45) is 5.92 Å². The number of rotatable bonds is 6. The lowest BCUT2D eigenvalue weighted by Gasteiger charge is -2.31. The molecule has 28 heavy (non-hydrogen) atoms. The van der Waals surface area contributed by atoms with Crippen molar-refractivity contribution in [3.8, 4) is 0 Å². The second-order valence-corrected chi connectivity index (χ2v) is 10.0. The monoisotopic (exact) mass is 407 g/mol. The minimum Gasteiger partial charge on any atom is -0.352 e. The van der Waals surface area contributed by atoms with Gasteiger partial charge in [-0.05, 0) is 30.5 Å². The topological polar surface area (TPSA) is 86.8 Å². The van der Waals surface area contributed by atoms with Gasteiger partial charge in [0.1, 0.15) is 0 Å². The number of hydrogen-bond donors (Lipinski definition) is 1. The third-order valence-electron chi connectivity index (χ3n) is 5.71. The van der Waals surface area contributed by atoms with E-state index in [1.54, 1.807) is 24.3 Å². The largest absolute Gasteiger partial charge is 0.352 e. The lowest BCUT2D eigenvalue weighted by Crippen LogP contribution is -2.39. The lowest BCUT2D eigenvalue weighted by atomic mass is 9.94. The quantitative estimate of drug-likeness (QED) is 0.778. The minimum absolute atomic E-state index is 0.0882. The van der Waals surface area contributed by atoms with Crippen LogP contribution >= 0.6 is 0 Å². The molecule has 2 amide bonds. The number of amides is 2. The second kappa shape index (κ2) is 8.61. The molecule has 154 valence electrons. The maximum atomic E-state index is 12.5. The number of benzene rings is 1. The number of likely N-dealkylation sites (tertiary alicyclic amines) is 1. The number of sulfonamides is 1. The molecule has 0 radical (unpaired) electrons. The summed E-state index contributed by atoms with van der Waals surface area (Å²) >= 11 is 0. The predicted octanol–water partition coefficient (Wildman–Crippen LogP) is 1.73. The molecule has 2 aliphatic rings. The first-order valence-corrected chi connectivity index (χ1v) is 11.3. The summed E-state index contributed by atoms with van der Waals surface area (Å²) in [5.74, 6) is -0.329. The predicted molar refractivity (Wildman–Crippen MR) is 106 cm³/mol. The normalized spacial score (nSPS) is 21.3. The number of carbonyl (C=O) groups is 2. The maximum absolute atomic E-state index is 12.5. The summed E-state index contributed by atoms with van der Waals surface area (Å²) in [6.07, 6.45) is 5.92. The molecule has 0 spiro atoms. The molecule has 0 bridgehead atoms. The van der Waals surface area contributed by atoms with Gasteiger partial charge in [0.25, 0.3) is 0 Å². The van der Waals surface area contributed by atoms with E-state index < -0.39 is 10.0 Å². The van der Waals surface area contributed by atoms with Crippen LogP contribution in [0.1, 0.15) is 44.1 Å². The van der Waals surface area contributed by atoms with Gasteiger partial charge in [0, 0.05) is 39.6 Å². The first-order valence-electron chi connectivity index (χ1n) is 9.87. The highest BCUT2D eigenvalue weighted by atomic mass is 32.2. The van der Waals surface area contributed by atoms with Crippen LogP contribution in [0.15, 0.2) is 29.2 Å². The molecule has 8 heteroatoms. The molecule has 0 unspecified atom stereocenters. The number of carbonyl (C=O) groups excluding carboxylic acids is 2. The van der Waals surface area contributed by atoms with E-state index >= 15 is 0 Å². The zero-order valence-corrected chi connectivity index (χ0v) is 17.4. The maximum Gasteiger partial charge on any atom is 0.242 e. The molecule has 1 N–H and O–H groups in total. The Morgan fingerprint density at radius 2 is 1.79 bits per heavy atom. The number of nitrogens with zero attached hydrogens (tertiary/aromatic N) is 2. The van der Waals surface area contributed by atoms with Crippen LogP contribution in [0.25, 0.3) is 0 Å². The fourth-order valence-corrected chi connectivity index (χ4v) is 4.88. The van der Waals surface area contributed by atoms with Crippen LogP contribution in [-0.4, -0.2) is 56.1 Å². The molecule has 1 atom stereocenters. The molecule has 1 saturated heterocycles. The van der Waals surface area contributed by atoms with Crippen LogP contribution in [0.3, 0.4) is 0 Å². The van der Waals surface area contributed by atoms with Crippen molar-refractivity contribution in [2.45, 2.75) is 56.0 Å². The summed E-state index contributed by atoms with van der Waals surface area (Å²) in [5, 5.41) is 2.89. The van der Waals surface area contributed by atoms with Gasteiger partial charge < -0.3 is 10.2 Å². The van der Waals surface area contributed by atoms with Gasteiger partial charge in [0.2, 0.25) is 21.8 Å². The fraction of sp³-hybridized carbons (Fsp3) is 0.600. The average molecular weight is 408 g/mol. The van der Waals surface area contributed by atoms with E-state index in [1.807, 2.05) is 4.90 Å². The fourth-order valence-electron chi connectivity index (χ4n) is 3.98. The number of hydrogen-bond acceptors (Lipinski definition) is 4. The molecule has 1 aliphatic carbocycles. The molecule has 1 aromatic carbocycles. The van der Waals surface area contributed by atoms with Crippen LogP contribution in [-0.2, 0) is 26.2 Å². The van der Waals surface area contributed by atoms with Gasteiger partial charge in [-0.1, -0.05) is 31.4 Å². The SMILES string of the molecule is CN(C)S(=O)(=O)c1ccc(CNC(=O)[C@@H]2CC(=O)N(C3CCCCC3)C2)cc1. The highest BCUT2D eigenvalue weighted by Gasteiger charge is 2.37. The Morgan fingerprint density at radius 1 is 1.14 bits per heavy atom. The Morgan fingerprint density at radius 3 is 2.39 bits per heavy atom. The van der Waals surface area contributed by atoms with Crippen molar-refractivity contribution < 1.29 is 18.0 Å². The second-order valence-electron chi connectivity index (χ2n) is 7.89. The van der Waals surface area contributed by atoms with Gasteiger partial charge in [-0.25, -0.2) is 12.7 Å². The van der Waals surface area contributed by atoms with Gasteiger partial charge in [-0.3, -0.25) is 9.59 Å². The van der Waals surface area contributed by atoms with Gasteiger partial charge in [-0.2, -0.15) is 0 Å². The standard InChI is InChI=1S/C20H29N3O4S/c1-22(2)28(26,27)18-10-8-15(9-11-18)13-21-20(25)16-12-19(24)23(14-16)17-6-4-3-5-7-17/h8-11,16-17H,3-7,12-14H2,1-2H3,(H,21,25)/t16-/m1/s1. The van der Waals surface area contributed by atoms with E-state index in [0.717, 1.165) is 31.2 Å². The lowest BCUT2D eigenvalue weighted by molar-refractivity contribution is -0.130. The van der Waals surface area contributed by atoms with Crippen molar-refractivity contribution in [1.29, 1.82) is 0 Å². The molecule has 2 fully saturated rings. The van der Waals surface area contributed by atoms with Gasteiger partial charge in [0.05, 0.1) is 10.8 Å². The summed E-state index contributed by atoms with van der Waals surface area (Å²) in [6, 6.07) is 6.78. The molecule has 1 aliphatic heterocycles. The van der Waals surface area contributed by atoms with E-state index in [1.165, 1.54) is 24.8 Å². The highest BCUT2D eigenvalue weighted by molar-refractivity contribution is 7.89. The third kappa shape index (κ3) is 4.55. The average Bonchev–Trinajstić information content (AvgIpc) is 3.09. The Bertz CT molecular complexity index is 814. The summed E-state index contributed by atoms with van der Waals surface area (Å²) in [4.78, 5) is 27.0. The van der Waals surface area contributed by atoms with Gasteiger partial charge in [0.15, 0.2) is 0 Å². The third-order valence-corrected chi connectivity index (χ3v) is 7.54. The molecule has 3 rings (SSSR count). The highest BCUT2D eigenvalue weighted by Crippen LogP contribution is 2.28. The molecule has 1 aromatic rings. The first-order chi connectivity index (χ1) is 13.3. The van der Waals surface area contributed by atoms with Crippen LogP contribution in [0.4, 0.5) is 0 Å². The molecule has 7 nitrogen and oxygen atoms in total. The van der Waals surface area contributed by atoms with Crippen LogP contribution < -0.4 is 5.32 Å². The van der Waals surface area contributed by atoms with Crippen LogP contribution in [0, 0.1) is 5.92 Å². The smallest absolute Gasteiger partial charge is 0.242 e. The van der Waals surface area contributed by atoms with Crippen molar-refractivity contribution in [2.75, 3.05) is 20.6 Å². The van der Waals surface area contributed by atoms with Crippen molar-refractivity contribution >= 4 is 21.8 Å². The van der Waals surface area contributed by atoms with Crippen molar-refractivity contribution in [3.05, 3.63) is 29.8 Å². The Hall–Kier alpha value is -1.93. The minimum atomic E-state index is -3.46. The van der Waals surface area contributed by atoms with Gasteiger partial charge in [-0.15, -0.1) is 0 Å². The molecular formula is C20H29N3O4S. The van der Waals surface area contributed by atoms with E-state index in [2.05, 4.69) is 5.32 Å². The molecule has 1 heterocycles. The van der Waals surface area contributed by atoms with Crippen LogP contribution in [0.5, 0.6) is 0 Å². The van der Waals surface area contributed by atoms with E-state index in [0.29, 0.717) is 19.1 Å². The first kappa shape index (κ1) is 20.8. The number of nitrogens with one attached hydrogen (secondary N) is 1. The molecule has 0 aromatic heterocycles. The van der Waals surface area contributed by atoms with Gasteiger partial charge >= 0.3 is 0 Å². The zero-order valence-electron chi connectivity index (χ0n) is 16.6. The Kier molecular flexibility index (Phi) is 6.40. The molecular weight excluding hydrogens is 378 g/mol. The van der Waals surface area contributed by atoms with E-state index in [4.69, 9.17) is 0 Å². The Balaban J connectivity index is 1.54. The van der Waals surface area contributed by atoms with Crippen molar-refractivity contribution in [3.63, 3.8) is 0 Å². The summed E-state index contributed by atoms with van der Waals surface area (Å²) in [6.45, 7) is 0.824. The van der Waals surface area contributed by atoms with E-state index in [-0.39, 0.29) is 29.0 Å².